The fraction of sp³-hybridized carbons (Fsp3) is 0.759. The smallest absolute Gasteiger partial charge is 0.462 e. The fourth-order valence-corrected chi connectivity index (χ4v) is 12.4. The summed E-state index contributed by atoms with van der Waals surface area (Å²) in [5, 5.41) is 10.6. The Morgan fingerprint density at radius 2 is 0.510 bits per heavy atom. The Balaban J connectivity index is 5.36. The molecule has 5 unspecified atom stereocenters. The molecule has 0 spiro atoms. The van der Waals surface area contributed by atoms with Crippen molar-refractivity contribution in [3.63, 3.8) is 0 Å². The van der Waals surface area contributed by atoms with Crippen LogP contribution in [0, 0.1) is 0 Å². The Hall–Kier alpha value is -4.02. The summed E-state index contributed by atoms with van der Waals surface area (Å²) >= 11 is 0. The van der Waals surface area contributed by atoms with Gasteiger partial charge in [-0.25, -0.2) is 9.13 Å². The van der Waals surface area contributed by atoms with E-state index >= 15 is 0 Å². The Labute approximate surface area is 620 Å². The van der Waals surface area contributed by atoms with Crippen molar-refractivity contribution >= 4 is 39.5 Å². The molecule has 0 saturated carbocycles. The summed E-state index contributed by atoms with van der Waals surface area (Å²) in [5.74, 6) is -2.23. The zero-order valence-corrected chi connectivity index (χ0v) is 66.3. The van der Waals surface area contributed by atoms with Crippen LogP contribution in [0.5, 0.6) is 0 Å². The van der Waals surface area contributed by atoms with Gasteiger partial charge in [0.15, 0.2) is 12.2 Å². The molecule has 0 aromatic heterocycles. The third kappa shape index (κ3) is 74.3. The molecule has 590 valence electrons. The molecule has 0 heterocycles. The minimum absolute atomic E-state index is 0.0818. The van der Waals surface area contributed by atoms with Crippen LogP contribution in [0.25, 0.3) is 0 Å². The number of hydrogen-bond acceptors (Lipinski definition) is 15. The van der Waals surface area contributed by atoms with E-state index in [2.05, 4.69) is 125 Å². The second-order valence-electron chi connectivity index (χ2n) is 27.0. The normalized spacial score (nSPS) is 14.4. The zero-order valence-electron chi connectivity index (χ0n) is 64.5. The van der Waals surface area contributed by atoms with Gasteiger partial charge in [0.05, 0.1) is 26.4 Å². The highest BCUT2D eigenvalue weighted by Gasteiger charge is 2.30. The number of rotatable bonds is 76. The number of carbonyl (C=O) groups is 4. The number of ether oxygens (including phenoxy) is 4. The summed E-state index contributed by atoms with van der Waals surface area (Å²) in [6.45, 7) is 4.70. The van der Waals surface area contributed by atoms with Crippen LogP contribution in [0.2, 0.25) is 0 Å². The molecular weight excluding hydrogens is 1330 g/mol. The topological polar surface area (TPSA) is 237 Å². The highest BCUT2D eigenvalue weighted by Crippen LogP contribution is 2.45. The van der Waals surface area contributed by atoms with Gasteiger partial charge in [-0.3, -0.25) is 37.3 Å². The molecule has 102 heavy (non-hydrogen) atoms. The maximum absolute atomic E-state index is 13.1. The van der Waals surface area contributed by atoms with Crippen molar-refractivity contribution in [2.45, 2.75) is 367 Å². The second kappa shape index (κ2) is 75.2. The number of phosphoric ester groups is 2. The predicted molar refractivity (Wildman–Crippen MR) is 418 cm³/mol. The van der Waals surface area contributed by atoms with Crippen LogP contribution in [0.1, 0.15) is 349 Å². The molecule has 0 aliphatic rings. The highest BCUT2D eigenvalue weighted by atomic mass is 31.2. The lowest BCUT2D eigenvalue weighted by Gasteiger charge is -2.21. The summed E-state index contributed by atoms with van der Waals surface area (Å²) in [5.41, 5.74) is 0. The number of unbranched alkanes of at least 4 members (excludes halogenated alkanes) is 34. The zero-order chi connectivity index (χ0) is 74.6. The fourth-order valence-electron chi connectivity index (χ4n) is 10.9. The van der Waals surface area contributed by atoms with Crippen molar-refractivity contribution < 1.29 is 80.2 Å². The summed E-state index contributed by atoms with van der Waals surface area (Å²) < 4.78 is 68.6. The molecule has 0 aromatic carbocycles. The average molecular weight is 1480 g/mol. The Morgan fingerprint density at radius 3 is 0.843 bits per heavy atom. The number of allylic oxidation sites excluding steroid dienone is 16. The largest absolute Gasteiger partial charge is 0.472 e. The van der Waals surface area contributed by atoms with Crippen LogP contribution in [0.4, 0.5) is 0 Å². The van der Waals surface area contributed by atoms with Crippen LogP contribution in [-0.2, 0) is 65.4 Å². The molecule has 19 heteroatoms. The molecule has 0 fully saturated rings. The number of carbonyl (C=O) groups excluding carboxylic acids is 4. The van der Waals surface area contributed by atoms with E-state index < -0.39 is 97.5 Å². The van der Waals surface area contributed by atoms with Crippen LogP contribution in [0.15, 0.2) is 97.2 Å². The first kappa shape index (κ1) is 98.0. The van der Waals surface area contributed by atoms with Crippen LogP contribution in [-0.4, -0.2) is 96.7 Å². The van der Waals surface area contributed by atoms with Crippen LogP contribution < -0.4 is 0 Å². The van der Waals surface area contributed by atoms with Crippen molar-refractivity contribution in [1.82, 2.24) is 0 Å². The minimum atomic E-state index is -4.98. The van der Waals surface area contributed by atoms with Crippen molar-refractivity contribution in [2.75, 3.05) is 39.6 Å². The summed E-state index contributed by atoms with van der Waals surface area (Å²) in [6, 6.07) is 0. The molecule has 0 aliphatic carbocycles. The Kier molecular flexibility index (Phi) is 72.3. The summed E-state index contributed by atoms with van der Waals surface area (Å²) in [7, 11) is -9.96. The molecule has 0 aliphatic heterocycles. The average Bonchev–Trinajstić information content (AvgIpc) is 0.919. The van der Waals surface area contributed by atoms with Crippen LogP contribution >= 0.6 is 15.6 Å². The van der Waals surface area contributed by atoms with E-state index in [0.29, 0.717) is 25.7 Å². The summed E-state index contributed by atoms with van der Waals surface area (Å²) in [4.78, 5) is 73.0. The third-order valence-electron chi connectivity index (χ3n) is 17.0. The van der Waals surface area contributed by atoms with Gasteiger partial charge in [0.2, 0.25) is 0 Å². The maximum atomic E-state index is 13.1. The molecular formula is C83H146O17P2. The van der Waals surface area contributed by atoms with Gasteiger partial charge in [-0.15, -0.1) is 0 Å². The molecule has 0 aromatic rings. The number of aliphatic hydroxyl groups is 1. The molecule has 0 saturated heterocycles. The van der Waals surface area contributed by atoms with Crippen molar-refractivity contribution in [1.29, 1.82) is 0 Å². The number of phosphoric acid groups is 2. The van der Waals surface area contributed by atoms with Gasteiger partial charge in [-0.1, -0.05) is 292 Å². The van der Waals surface area contributed by atoms with E-state index in [4.69, 9.17) is 37.0 Å². The minimum Gasteiger partial charge on any atom is -0.462 e. The number of hydrogen-bond donors (Lipinski definition) is 3. The maximum Gasteiger partial charge on any atom is 0.472 e. The van der Waals surface area contributed by atoms with E-state index in [1.807, 2.05) is 0 Å². The van der Waals surface area contributed by atoms with Crippen molar-refractivity contribution in [3.05, 3.63) is 97.2 Å². The molecule has 0 rings (SSSR count). The second-order valence-corrected chi connectivity index (χ2v) is 29.9. The van der Waals surface area contributed by atoms with Gasteiger partial charge >= 0.3 is 39.5 Å². The summed E-state index contributed by atoms with van der Waals surface area (Å²) in [6.07, 6.45) is 79.5. The van der Waals surface area contributed by atoms with Gasteiger partial charge in [0.25, 0.3) is 0 Å². The van der Waals surface area contributed by atoms with Gasteiger partial charge in [0.1, 0.15) is 19.3 Å². The monoisotopic (exact) mass is 1480 g/mol. The van der Waals surface area contributed by atoms with E-state index in [0.717, 1.165) is 161 Å². The molecule has 0 amide bonds. The molecule has 3 N–H and O–H groups in total. The lowest BCUT2D eigenvalue weighted by Crippen LogP contribution is -2.30. The van der Waals surface area contributed by atoms with E-state index in [1.54, 1.807) is 0 Å². The highest BCUT2D eigenvalue weighted by molar-refractivity contribution is 7.47. The van der Waals surface area contributed by atoms with Crippen LogP contribution in [0.3, 0.4) is 0 Å². The Bertz CT molecular complexity index is 2310. The lowest BCUT2D eigenvalue weighted by molar-refractivity contribution is -0.161. The molecule has 0 bridgehead atoms. The third-order valence-corrected chi connectivity index (χ3v) is 18.9. The quantitative estimate of drug-likeness (QED) is 0.0169. The van der Waals surface area contributed by atoms with Crippen molar-refractivity contribution in [2.24, 2.45) is 0 Å². The van der Waals surface area contributed by atoms with Crippen molar-refractivity contribution in [3.8, 4) is 0 Å². The Morgan fingerprint density at radius 1 is 0.284 bits per heavy atom. The molecule has 0 radical (unpaired) electrons. The molecule has 17 nitrogen and oxygen atoms in total. The SMILES string of the molecule is CC/C=C\C/C=C\C/C=C\C/C=C\CCCCC(=O)OCC(COP(=O)(O)OCC(O)COP(=O)(O)OCC(COC(=O)CCCCCCCC/C=C\C/C=C\C/C=C\CCCCC)OC(=O)CCCCCCC/C=C\CCCCCC)OC(=O)CCCCCCCCCCCCCCCCC. The standard InChI is InChI=1S/C83H146O17P2/c1-5-9-13-17-21-25-29-33-36-37-38-39-42-45-48-52-56-60-64-68-81(86)94-73-78(99-82(87)69-65-61-57-53-49-43-32-28-24-20-16-12-8-4)75-97-101(89,90)95-71-77(84)72-96-102(91,92)98-76-79(100-83(88)70-66-62-58-54-50-46-41-35-31-27-23-19-15-11-7-3)74-93-80(85)67-63-59-55-51-47-44-40-34-30-26-22-18-14-10-6-2/h10,14,21-22,25-26,28,32-34,36,38-40,47,51,77-79,84H,5-9,11-13,15-20,23-24,27,29-31,35,37,41-46,48-50,52-76H2,1-4H3,(H,89,90)(H,91,92)/b14-10-,25-21-,26-22-,32-28-,36-33-,39-38-,40-34-,51-47-. The van der Waals surface area contributed by atoms with E-state index in [1.165, 1.54) is 109 Å². The lowest BCUT2D eigenvalue weighted by atomic mass is 10.0. The molecule has 5 atom stereocenters. The van der Waals surface area contributed by atoms with Gasteiger partial charge < -0.3 is 33.8 Å². The van der Waals surface area contributed by atoms with Gasteiger partial charge in [-0.05, 0) is 128 Å². The first-order chi connectivity index (χ1) is 49.7. The first-order valence-corrected chi connectivity index (χ1v) is 43.5. The van der Waals surface area contributed by atoms with Gasteiger partial charge in [0, 0.05) is 25.7 Å². The van der Waals surface area contributed by atoms with E-state index in [-0.39, 0.29) is 25.7 Å². The predicted octanol–water partition coefficient (Wildman–Crippen LogP) is 23.6. The first-order valence-electron chi connectivity index (χ1n) is 40.5. The van der Waals surface area contributed by atoms with E-state index in [9.17, 15) is 43.2 Å². The van der Waals surface area contributed by atoms with Gasteiger partial charge in [-0.2, -0.15) is 0 Å². The number of aliphatic hydroxyl groups excluding tert-OH is 1. The number of esters is 4.